The van der Waals surface area contributed by atoms with Crippen LogP contribution in [0.5, 0.6) is 0 Å². The molecule has 0 spiro atoms. The number of benzene rings is 1. The summed E-state index contributed by atoms with van der Waals surface area (Å²) in [5, 5.41) is 6.57. The summed E-state index contributed by atoms with van der Waals surface area (Å²) in [5.74, 6) is -0.351. The van der Waals surface area contributed by atoms with Crippen LogP contribution in [0, 0.1) is 5.82 Å². The van der Waals surface area contributed by atoms with Gasteiger partial charge in [0.1, 0.15) is 11.5 Å². The lowest BCUT2D eigenvalue weighted by Crippen LogP contribution is -2.15. The highest BCUT2D eigenvalue weighted by atomic mass is 32.1. The molecule has 2 aromatic rings. The van der Waals surface area contributed by atoms with Gasteiger partial charge in [0.05, 0.1) is 5.69 Å². The Morgan fingerprint density at radius 1 is 1.44 bits per heavy atom. The van der Waals surface area contributed by atoms with Gasteiger partial charge in [-0.3, -0.25) is 4.79 Å². The predicted molar refractivity (Wildman–Crippen MR) is 70.6 cm³/mol. The molecule has 0 aliphatic rings. The van der Waals surface area contributed by atoms with Crippen molar-refractivity contribution in [3.63, 3.8) is 0 Å². The maximum Gasteiger partial charge on any atom is 0.225 e. The second-order valence-corrected chi connectivity index (χ2v) is 4.05. The van der Waals surface area contributed by atoms with Crippen molar-refractivity contribution in [3.05, 3.63) is 42.5 Å². The van der Waals surface area contributed by atoms with Crippen LogP contribution in [0.2, 0.25) is 0 Å². The first kappa shape index (κ1) is 12.6. The van der Waals surface area contributed by atoms with Crippen LogP contribution in [0.3, 0.4) is 0 Å². The van der Waals surface area contributed by atoms with E-state index in [1.807, 2.05) is 0 Å². The van der Waals surface area contributed by atoms with Gasteiger partial charge in [0.15, 0.2) is 0 Å². The predicted octanol–water partition coefficient (Wildman–Crippen LogP) is 2.27. The van der Waals surface area contributed by atoms with Crippen LogP contribution in [0.4, 0.5) is 10.1 Å². The normalized spacial score (nSPS) is 10.3. The lowest BCUT2D eigenvalue weighted by atomic mass is 10.2. The fourth-order valence-electron chi connectivity index (χ4n) is 1.54. The molecule has 1 N–H and O–H groups in total. The molecule has 4 nitrogen and oxygen atoms in total. The van der Waals surface area contributed by atoms with Crippen molar-refractivity contribution in [2.75, 3.05) is 11.1 Å². The molecule has 1 amide bonds. The molecule has 0 atom stereocenters. The van der Waals surface area contributed by atoms with Crippen LogP contribution in [0.1, 0.15) is 6.42 Å². The summed E-state index contributed by atoms with van der Waals surface area (Å²) in [5.41, 5.74) is 0.625. The largest absolute Gasteiger partial charge is 0.322 e. The molecule has 0 radical (unpaired) electrons. The molecule has 1 aromatic heterocycles. The number of anilines is 1. The Kier molecular flexibility index (Phi) is 3.99. The number of para-hydroxylation sites is 1. The van der Waals surface area contributed by atoms with Crippen LogP contribution in [-0.2, 0) is 4.79 Å². The molecule has 0 saturated carbocycles. The van der Waals surface area contributed by atoms with Gasteiger partial charge in [-0.15, -0.1) is 0 Å². The standard InChI is InChI=1S/C12H12FN3OS/c13-9-3-1-4-10(16-7-2-6-14-16)12(9)15-11(17)5-8-18/h1-4,6-7,18H,5,8H2,(H,15,17). The van der Waals surface area contributed by atoms with Gasteiger partial charge < -0.3 is 5.32 Å². The monoisotopic (exact) mass is 265 g/mol. The van der Waals surface area contributed by atoms with E-state index in [1.165, 1.54) is 10.7 Å². The fraction of sp³-hybridized carbons (Fsp3) is 0.167. The molecule has 1 aromatic carbocycles. The van der Waals surface area contributed by atoms with Crippen LogP contribution in [0.25, 0.3) is 5.69 Å². The topological polar surface area (TPSA) is 46.9 Å². The number of hydrogen-bond donors (Lipinski definition) is 2. The number of hydrogen-bond acceptors (Lipinski definition) is 3. The molecule has 0 bridgehead atoms. The molecule has 6 heteroatoms. The first-order chi connectivity index (χ1) is 8.72. The van der Waals surface area contributed by atoms with Gasteiger partial charge >= 0.3 is 0 Å². The number of carbonyl (C=O) groups excluding carboxylic acids is 1. The summed E-state index contributed by atoms with van der Waals surface area (Å²) in [7, 11) is 0. The number of halogens is 1. The molecule has 18 heavy (non-hydrogen) atoms. The van der Waals surface area contributed by atoms with Gasteiger partial charge in [-0.1, -0.05) is 6.07 Å². The fourth-order valence-corrected chi connectivity index (χ4v) is 1.75. The molecule has 1 heterocycles. The Morgan fingerprint density at radius 3 is 2.94 bits per heavy atom. The molecular weight excluding hydrogens is 253 g/mol. The van der Waals surface area contributed by atoms with Crippen molar-refractivity contribution in [1.82, 2.24) is 9.78 Å². The van der Waals surface area contributed by atoms with E-state index in [0.717, 1.165) is 0 Å². The summed E-state index contributed by atoms with van der Waals surface area (Å²) in [6, 6.07) is 6.28. The zero-order chi connectivity index (χ0) is 13.0. The molecule has 0 aliphatic carbocycles. The lowest BCUT2D eigenvalue weighted by molar-refractivity contribution is -0.115. The molecular formula is C12H12FN3OS. The zero-order valence-electron chi connectivity index (χ0n) is 9.51. The Bertz CT molecular complexity index is 542. The Hall–Kier alpha value is -1.82. The van der Waals surface area contributed by atoms with E-state index in [0.29, 0.717) is 11.4 Å². The third-order valence-corrected chi connectivity index (χ3v) is 2.57. The van der Waals surface area contributed by atoms with Crippen molar-refractivity contribution in [3.8, 4) is 5.69 Å². The summed E-state index contributed by atoms with van der Waals surface area (Å²) in [4.78, 5) is 11.5. The smallest absolute Gasteiger partial charge is 0.225 e. The van der Waals surface area contributed by atoms with E-state index >= 15 is 0 Å². The van der Waals surface area contributed by atoms with E-state index in [2.05, 4.69) is 23.0 Å². The van der Waals surface area contributed by atoms with E-state index in [4.69, 9.17) is 0 Å². The molecule has 0 fully saturated rings. The van der Waals surface area contributed by atoms with Crippen molar-refractivity contribution < 1.29 is 9.18 Å². The molecule has 0 unspecified atom stereocenters. The van der Waals surface area contributed by atoms with E-state index in [9.17, 15) is 9.18 Å². The number of nitrogens with one attached hydrogen (secondary N) is 1. The number of rotatable bonds is 4. The molecule has 2 rings (SSSR count). The maximum atomic E-state index is 13.8. The summed E-state index contributed by atoms with van der Waals surface area (Å²) in [6.45, 7) is 0. The molecule has 0 aliphatic heterocycles. The average Bonchev–Trinajstić information content (AvgIpc) is 2.85. The van der Waals surface area contributed by atoms with Gasteiger partial charge in [-0.05, 0) is 24.0 Å². The number of nitrogens with zero attached hydrogens (tertiary/aromatic N) is 2. The number of aromatic nitrogens is 2. The summed E-state index contributed by atoms with van der Waals surface area (Å²) in [6.07, 6.45) is 3.50. The van der Waals surface area contributed by atoms with Gasteiger partial charge in [-0.2, -0.15) is 17.7 Å². The Morgan fingerprint density at radius 2 is 2.28 bits per heavy atom. The highest BCUT2D eigenvalue weighted by Crippen LogP contribution is 2.23. The van der Waals surface area contributed by atoms with Crippen molar-refractivity contribution >= 4 is 24.2 Å². The average molecular weight is 265 g/mol. The maximum absolute atomic E-state index is 13.8. The number of amides is 1. The van der Waals surface area contributed by atoms with Crippen molar-refractivity contribution in [1.29, 1.82) is 0 Å². The first-order valence-corrected chi connectivity index (χ1v) is 6.05. The van der Waals surface area contributed by atoms with E-state index < -0.39 is 5.82 Å². The van der Waals surface area contributed by atoms with Crippen molar-refractivity contribution in [2.45, 2.75) is 6.42 Å². The lowest BCUT2D eigenvalue weighted by Gasteiger charge is -2.11. The number of carbonyl (C=O) groups is 1. The second kappa shape index (κ2) is 5.68. The minimum Gasteiger partial charge on any atom is -0.322 e. The Balaban J connectivity index is 2.36. The summed E-state index contributed by atoms with van der Waals surface area (Å²) >= 11 is 3.97. The van der Waals surface area contributed by atoms with Gasteiger partial charge in [-0.25, -0.2) is 9.07 Å². The SMILES string of the molecule is O=C(CCS)Nc1c(F)cccc1-n1cccn1. The highest BCUT2D eigenvalue weighted by molar-refractivity contribution is 7.80. The molecule has 94 valence electrons. The second-order valence-electron chi connectivity index (χ2n) is 3.61. The minimum absolute atomic E-state index is 0.132. The van der Waals surface area contributed by atoms with Crippen molar-refractivity contribution in [2.24, 2.45) is 0 Å². The zero-order valence-corrected chi connectivity index (χ0v) is 10.4. The van der Waals surface area contributed by atoms with Crippen LogP contribution < -0.4 is 5.32 Å². The Labute approximate surface area is 109 Å². The van der Waals surface area contributed by atoms with E-state index in [1.54, 1.807) is 30.6 Å². The number of thiol groups is 1. The van der Waals surface area contributed by atoms with Gasteiger partial charge in [0, 0.05) is 18.8 Å². The van der Waals surface area contributed by atoms with Gasteiger partial charge in [0.25, 0.3) is 0 Å². The highest BCUT2D eigenvalue weighted by Gasteiger charge is 2.12. The minimum atomic E-state index is -0.490. The third kappa shape index (κ3) is 2.70. The van der Waals surface area contributed by atoms with Crippen LogP contribution >= 0.6 is 12.6 Å². The van der Waals surface area contributed by atoms with Crippen LogP contribution in [-0.4, -0.2) is 21.4 Å². The quantitative estimate of drug-likeness (QED) is 0.833. The first-order valence-electron chi connectivity index (χ1n) is 5.41. The summed E-state index contributed by atoms with van der Waals surface area (Å²) < 4.78 is 15.3. The van der Waals surface area contributed by atoms with Crippen LogP contribution in [0.15, 0.2) is 36.7 Å². The van der Waals surface area contributed by atoms with E-state index in [-0.39, 0.29) is 18.0 Å². The third-order valence-electron chi connectivity index (χ3n) is 2.35. The molecule has 0 saturated heterocycles. The van der Waals surface area contributed by atoms with Gasteiger partial charge in [0.2, 0.25) is 5.91 Å².